The predicted octanol–water partition coefficient (Wildman–Crippen LogP) is 2.23. The summed E-state index contributed by atoms with van der Waals surface area (Å²) in [6.07, 6.45) is 2.44. The van der Waals surface area contributed by atoms with Crippen LogP contribution in [0.1, 0.15) is 31.7 Å². The number of likely N-dealkylation sites (tertiary alicyclic amines) is 1. The van der Waals surface area contributed by atoms with Crippen LogP contribution in [0.15, 0.2) is 24.3 Å². The normalized spacial score (nSPS) is 21.0. The number of nitrogens with zero attached hydrogens (tertiary/aromatic N) is 2. The third-order valence-electron chi connectivity index (χ3n) is 4.35. The average molecular weight is 306 g/mol. The van der Waals surface area contributed by atoms with Gasteiger partial charge in [-0.05, 0) is 43.9 Å². The Morgan fingerprint density at radius 2 is 1.91 bits per heavy atom. The second kappa shape index (κ2) is 6.46. The molecule has 0 aliphatic carbocycles. The summed E-state index contributed by atoms with van der Waals surface area (Å²) in [5.74, 6) is -0.321. The highest BCUT2D eigenvalue weighted by atomic mass is 19.1. The SMILES string of the molecule is CN(C)C(=O)[C@]1(C)CCCN1C(=O)CCc1ccc(F)cc1. The monoisotopic (exact) mass is 306 g/mol. The number of rotatable bonds is 4. The number of benzene rings is 1. The Labute approximate surface area is 130 Å². The van der Waals surface area contributed by atoms with Gasteiger partial charge in [-0.25, -0.2) is 4.39 Å². The van der Waals surface area contributed by atoms with Crippen molar-refractivity contribution in [1.82, 2.24) is 9.80 Å². The molecule has 1 aliphatic heterocycles. The second-order valence-corrected chi connectivity index (χ2v) is 6.25. The molecule has 5 heteroatoms. The van der Waals surface area contributed by atoms with Gasteiger partial charge in [-0.15, -0.1) is 0 Å². The fourth-order valence-corrected chi connectivity index (χ4v) is 3.10. The molecule has 22 heavy (non-hydrogen) atoms. The van der Waals surface area contributed by atoms with Gasteiger partial charge in [0.05, 0.1) is 0 Å². The van der Waals surface area contributed by atoms with E-state index in [2.05, 4.69) is 0 Å². The molecule has 0 N–H and O–H groups in total. The Morgan fingerprint density at radius 1 is 1.27 bits per heavy atom. The molecule has 1 aromatic carbocycles. The summed E-state index contributed by atoms with van der Waals surface area (Å²) >= 11 is 0. The third-order valence-corrected chi connectivity index (χ3v) is 4.35. The maximum Gasteiger partial charge on any atom is 0.247 e. The van der Waals surface area contributed by atoms with Crippen LogP contribution in [-0.4, -0.2) is 47.8 Å². The molecular formula is C17H23FN2O2. The van der Waals surface area contributed by atoms with Crippen molar-refractivity contribution in [2.24, 2.45) is 0 Å². The van der Waals surface area contributed by atoms with E-state index in [1.807, 2.05) is 6.92 Å². The number of likely N-dealkylation sites (N-methyl/N-ethyl adjacent to an activating group) is 1. The molecular weight excluding hydrogens is 283 g/mol. The smallest absolute Gasteiger partial charge is 0.247 e. The lowest BCUT2D eigenvalue weighted by Gasteiger charge is -2.36. The molecule has 0 bridgehead atoms. The molecule has 2 amide bonds. The summed E-state index contributed by atoms with van der Waals surface area (Å²) in [6.45, 7) is 2.47. The summed E-state index contributed by atoms with van der Waals surface area (Å²) in [4.78, 5) is 28.1. The lowest BCUT2D eigenvalue weighted by molar-refractivity contribution is -0.148. The maximum absolute atomic E-state index is 12.9. The number of hydrogen-bond acceptors (Lipinski definition) is 2. The molecule has 1 heterocycles. The van der Waals surface area contributed by atoms with Gasteiger partial charge in [0.25, 0.3) is 0 Å². The van der Waals surface area contributed by atoms with Crippen molar-refractivity contribution in [3.63, 3.8) is 0 Å². The first-order valence-corrected chi connectivity index (χ1v) is 7.61. The van der Waals surface area contributed by atoms with Crippen LogP contribution in [0.2, 0.25) is 0 Å². The van der Waals surface area contributed by atoms with Crippen LogP contribution in [-0.2, 0) is 16.0 Å². The first-order chi connectivity index (χ1) is 10.3. The quantitative estimate of drug-likeness (QED) is 0.856. The van der Waals surface area contributed by atoms with Gasteiger partial charge in [-0.3, -0.25) is 9.59 Å². The molecule has 1 atom stereocenters. The van der Waals surface area contributed by atoms with Crippen LogP contribution in [0.3, 0.4) is 0 Å². The number of hydrogen-bond donors (Lipinski definition) is 0. The minimum atomic E-state index is -0.733. The van der Waals surface area contributed by atoms with Crippen LogP contribution >= 0.6 is 0 Å². The van der Waals surface area contributed by atoms with Gasteiger partial charge >= 0.3 is 0 Å². The summed E-state index contributed by atoms with van der Waals surface area (Å²) in [6, 6.07) is 6.18. The molecule has 0 unspecified atom stereocenters. The summed E-state index contributed by atoms with van der Waals surface area (Å²) < 4.78 is 12.9. The van der Waals surface area contributed by atoms with E-state index in [1.54, 1.807) is 36.0 Å². The van der Waals surface area contributed by atoms with E-state index in [9.17, 15) is 14.0 Å². The topological polar surface area (TPSA) is 40.6 Å². The minimum Gasteiger partial charge on any atom is -0.347 e. The molecule has 0 spiro atoms. The molecule has 0 saturated carbocycles. The van der Waals surface area contributed by atoms with Crippen molar-refractivity contribution in [2.45, 2.75) is 38.1 Å². The molecule has 1 saturated heterocycles. The van der Waals surface area contributed by atoms with E-state index in [1.165, 1.54) is 12.1 Å². The average Bonchev–Trinajstić information content (AvgIpc) is 2.88. The summed E-state index contributed by atoms with van der Waals surface area (Å²) in [5, 5.41) is 0. The highest BCUT2D eigenvalue weighted by Gasteiger charge is 2.45. The number of carbonyl (C=O) groups excluding carboxylic acids is 2. The van der Waals surface area contributed by atoms with E-state index < -0.39 is 5.54 Å². The largest absolute Gasteiger partial charge is 0.347 e. The van der Waals surface area contributed by atoms with Gasteiger partial charge < -0.3 is 9.80 Å². The van der Waals surface area contributed by atoms with Crippen LogP contribution in [0.5, 0.6) is 0 Å². The minimum absolute atomic E-state index is 0.0143. The van der Waals surface area contributed by atoms with Crippen molar-refractivity contribution in [2.75, 3.05) is 20.6 Å². The Kier molecular flexibility index (Phi) is 4.84. The van der Waals surface area contributed by atoms with E-state index in [0.29, 0.717) is 25.8 Å². The van der Waals surface area contributed by atoms with Gasteiger partial charge in [0, 0.05) is 27.1 Å². The van der Waals surface area contributed by atoms with E-state index >= 15 is 0 Å². The fourth-order valence-electron chi connectivity index (χ4n) is 3.10. The van der Waals surface area contributed by atoms with E-state index in [4.69, 9.17) is 0 Å². The maximum atomic E-state index is 12.9. The molecule has 120 valence electrons. The van der Waals surface area contributed by atoms with Crippen molar-refractivity contribution in [1.29, 1.82) is 0 Å². The van der Waals surface area contributed by atoms with Gasteiger partial charge in [0.2, 0.25) is 11.8 Å². The summed E-state index contributed by atoms with van der Waals surface area (Å²) in [5.41, 5.74) is 0.193. The lowest BCUT2D eigenvalue weighted by atomic mass is 9.96. The van der Waals surface area contributed by atoms with Crippen LogP contribution in [0.4, 0.5) is 4.39 Å². The highest BCUT2D eigenvalue weighted by molar-refractivity contribution is 5.91. The summed E-state index contributed by atoms with van der Waals surface area (Å²) in [7, 11) is 3.43. The van der Waals surface area contributed by atoms with Crippen molar-refractivity contribution in [3.05, 3.63) is 35.6 Å². The molecule has 4 nitrogen and oxygen atoms in total. The van der Waals surface area contributed by atoms with Crippen molar-refractivity contribution < 1.29 is 14.0 Å². The zero-order valence-electron chi connectivity index (χ0n) is 13.4. The number of amides is 2. The van der Waals surface area contributed by atoms with Crippen LogP contribution in [0.25, 0.3) is 0 Å². The Balaban J connectivity index is 2.02. The lowest BCUT2D eigenvalue weighted by Crippen LogP contribution is -2.55. The van der Waals surface area contributed by atoms with Gasteiger partial charge in [0.1, 0.15) is 11.4 Å². The van der Waals surface area contributed by atoms with Crippen LogP contribution < -0.4 is 0 Å². The molecule has 1 aromatic rings. The zero-order chi connectivity index (χ0) is 16.3. The molecule has 2 rings (SSSR count). The van der Waals surface area contributed by atoms with Crippen molar-refractivity contribution >= 4 is 11.8 Å². The Bertz CT molecular complexity index is 556. The number of aryl methyl sites for hydroxylation is 1. The van der Waals surface area contributed by atoms with Crippen molar-refractivity contribution in [3.8, 4) is 0 Å². The Morgan fingerprint density at radius 3 is 2.50 bits per heavy atom. The van der Waals surface area contributed by atoms with Crippen LogP contribution in [0, 0.1) is 5.82 Å². The highest BCUT2D eigenvalue weighted by Crippen LogP contribution is 2.31. The molecule has 1 aliphatic rings. The first kappa shape index (κ1) is 16.5. The Hall–Kier alpha value is -1.91. The molecule has 0 aromatic heterocycles. The fraction of sp³-hybridized carbons (Fsp3) is 0.529. The number of carbonyl (C=O) groups is 2. The second-order valence-electron chi connectivity index (χ2n) is 6.25. The molecule has 0 radical (unpaired) electrons. The van der Waals surface area contributed by atoms with E-state index in [0.717, 1.165) is 12.0 Å². The first-order valence-electron chi connectivity index (χ1n) is 7.61. The van der Waals surface area contributed by atoms with Gasteiger partial charge in [-0.1, -0.05) is 12.1 Å². The molecule has 1 fully saturated rings. The van der Waals surface area contributed by atoms with Gasteiger partial charge in [-0.2, -0.15) is 0 Å². The van der Waals surface area contributed by atoms with Gasteiger partial charge in [0.15, 0.2) is 0 Å². The number of halogens is 1. The van der Waals surface area contributed by atoms with E-state index in [-0.39, 0.29) is 17.6 Å². The third kappa shape index (κ3) is 3.29. The predicted molar refractivity (Wildman–Crippen MR) is 82.8 cm³/mol. The zero-order valence-corrected chi connectivity index (χ0v) is 13.4. The standard InChI is InChI=1S/C17H23FN2O2/c1-17(16(22)19(2)3)11-4-12-20(17)15(21)10-7-13-5-8-14(18)9-6-13/h5-6,8-9H,4,7,10-12H2,1-3H3/t17-/m0/s1.